The van der Waals surface area contributed by atoms with E-state index < -0.39 is 71.7 Å². The van der Waals surface area contributed by atoms with Crippen LogP contribution in [0.25, 0.3) is 22.1 Å². The Hall–Kier alpha value is -6.60. The van der Waals surface area contributed by atoms with E-state index >= 15 is 17.6 Å². The van der Waals surface area contributed by atoms with Crippen molar-refractivity contribution in [3.63, 3.8) is 0 Å². The molecule has 11 rings (SSSR count). The normalized spacial score (nSPS) is 23.4. The summed E-state index contributed by atoms with van der Waals surface area (Å²) in [6.45, 7) is 1.91. The topological polar surface area (TPSA) is 181 Å². The lowest BCUT2D eigenvalue weighted by atomic mass is 9.96. The molecule has 4 saturated heterocycles. The Balaban J connectivity index is 0.925. The van der Waals surface area contributed by atoms with Gasteiger partial charge in [0, 0.05) is 43.0 Å². The number of anilines is 2. The Morgan fingerprint density at radius 2 is 0.973 bits per heavy atom. The Morgan fingerprint density at radius 1 is 0.533 bits per heavy atom. The van der Waals surface area contributed by atoms with Crippen LogP contribution < -0.4 is 20.4 Å². The van der Waals surface area contributed by atoms with Crippen LogP contribution in [0, 0.1) is 35.1 Å². The number of fused-ring (bicyclic) bond motifs is 2. The molecule has 6 atom stereocenters. The Kier molecular flexibility index (Phi) is 14.3. The molecule has 2 saturated carbocycles. The third-order valence-electron chi connectivity index (χ3n) is 17.2. The molecule has 6 fully saturated rings. The fraction of sp³-hybridized carbons (Fsp3) is 0.564. The summed E-state index contributed by atoms with van der Waals surface area (Å²) in [5, 5.41) is 5.59. The van der Waals surface area contributed by atoms with Crippen LogP contribution >= 0.6 is 0 Å². The van der Waals surface area contributed by atoms with Crippen molar-refractivity contribution in [2.24, 2.45) is 11.8 Å². The first-order valence-corrected chi connectivity index (χ1v) is 27.1. The molecule has 2 aromatic heterocycles. The number of hydrogen-bond donors (Lipinski definition) is 4. The number of nitrogens with one attached hydrogen (secondary N) is 4. The van der Waals surface area contributed by atoms with Crippen molar-refractivity contribution < 1.29 is 46.2 Å². The number of imidazole rings is 2. The van der Waals surface area contributed by atoms with Gasteiger partial charge >= 0.3 is 12.2 Å². The average Bonchev–Trinajstić information content (AvgIpc) is 4.27. The lowest BCUT2D eigenvalue weighted by Gasteiger charge is -2.35. The molecule has 20 heteroatoms. The molecule has 0 bridgehead atoms. The second-order valence-corrected chi connectivity index (χ2v) is 21.5. The molecule has 5 aromatic rings. The lowest BCUT2D eigenvalue weighted by molar-refractivity contribution is -0.136. The van der Waals surface area contributed by atoms with Gasteiger partial charge in [-0.3, -0.25) is 9.59 Å². The minimum absolute atomic E-state index is 0.0308. The van der Waals surface area contributed by atoms with Crippen molar-refractivity contribution in [1.29, 1.82) is 0 Å². The van der Waals surface area contributed by atoms with Gasteiger partial charge in [-0.15, -0.1) is 0 Å². The van der Waals surface area contributed by atoms with Crippen LogP contribution in [0.2, 0.25) is 0 Å². The second-order valence-electron chi connectivity index (χ2n) is 21.5. The fourth-order valence-electron chi connectivity index (χ4n) is 13.6. The summed E-state index contributed by atoms with van der Waals surface area (Å²) >= 11 is 0. The number of carbonyl (C=O) groups excluding carboxylic acids is 4. The van der Waals surface area contributed by atoms with Gasteiger partial charge in [-0.1, -0.05) is 25.7 Å². The predicted molar refractivity (Wildman–Crippen MR) is 272 cm³/mol. The van der Waals surface area contributed by atoms with Crippen molar-refractivity contribution in [3.8, 4) is 0 Å². The molecule has 0 radical (unpaired) electrons. The zero-order valence-corrected chi connectivity index (χ0v) is 42.6. The van der Waals surface area contributed by atoms with E-state index in [0.29, 0.717) is 85.6 Å². The van der Waals surface area contributed by atoms with Crippen molar-refractivity contribution in [2.75, 3.05) is 50.2 Å². The number of amides is 4. The Bertz CT molecular complexity index is 2790. The molecular formula is C55H66F4N10O6. The number of alkyl carbamates (subject to hydrolysis) is 2. The number of likely N-dealkylation sites (tertiary alicyclic amines) is 2. The first-order chi connectivity index (χ1) is 36.4. The monoisotopic (exact) mass is 1040 g/mol. The number of ether oxygens (including phenoxy) is 2. The maximum atomic E-state index is 16.9. The summed E-state index contributed by atoms with van der Waals surface area (Å²) in [4.78, 5) is 76.8. The van der Waals surface area contributed by atoms with E-state index in [-0.39, 0.29) is 59.0 Å². The predicted octanol–water partition coefficient (Wildman–Crippen LogP) is 10.2. The zero-order chi connectivity index (χ0) is 52.1. The summed E-state index contributed by atoms with van der Waals surface area (Å²) in [6.07, 6.45) is 11.5. The van der Waals surface area contributed by atoms with Crippen LogP contribution in [0.4, 0.5) is 38.5 Å². The van der Waals surface area contributed by atoms with Crippen molar-refractivity contribution >= 4 is 57.4 Å². The van der Waals surface area contributed by atoms with Crippen LogP contribution in [0.1, 0.15) is 156 Å². The van der Waals surface area contributed by atoms with E-state index in [1.165, 1.54) is 38.5 Å². The number of H-pyrrole nitrogens is 2. The SMILES string of the molecule is COC(=O)NC(C(=O)N1CCC[C@H]1c1nc2cc([C@H]3CC[C@H](c4cc5nc([C@@H]6CCCN6C(=O)[C@@H](NC(=O)OC)C6CCCC6)[nH]c5cc4F)N3c3cc(F)c(N4CCCCC4)c(F)c3)c(F)cc2[nH]1)C1CCCC1. The van der Waals surface area contributed by atoms with Crippen LogP contribution in [0.15, 0.2) is 36.4 Å². The number of rotatable bonds is 12. The minimum atomic E-state index is -0.824. The number of piperidine rings is 1. The Labute approximate surface area is 432 Å². The number of aromatic nitrogens is 4. The summed E-state index contributed by atoms with van der Waals surface area (Å²) < 4.78 is 76.7. The number of hydrogen-bond acceptors (Lipinski definition) is 10. The molecule has 4 amide bonds. The van der Waals surface area contributed by atoms with E-state index in [2.05, 4.69) is 20.6 Å². The van der Waals surface area contributed by atoms with Gasteiger partial charge in [0.15, 0.2) is 11.6 Å². The van der Waals surface area contributed by atoms with Gasteiger partial charge in [-0.05, 0) is 132 Å². The van der Waals surface area contributed by atoms with Gasteiger partial charge in [0.1, 0.15) is 41.1 Å². The smallest absolute Gasteiger partial charge is 0.407 e. The highest BCUT2D eigenvalue weighted by Crippen LogP contribution is 2.50. The van der Waals surface area contributed by atoms with Crippen molar-refractivity contribution in [2.45, 2.75) is 145 Å². The van der Waals surface area contributed by atoms with Gasteiger partial charge in [-0.25, -0.2) is 37.1 Å². The van der Waals surface area contributed by atoms with Gasteiger partial charge in [0.05, 0.1) is 60.5 Å². The summed E-state index contributed by atoms with van der Waals surface area (Å²) in [5.41, 5.74) is 2.07. The number of methoxy groups -OCH3 is 2. The molecule has 6 heterocycles. The highest BCUT2D eigenvalue weighted by Gasteiger charge is 2.44. The second kappa shape index (κ2) is 21.2. The molecule has 2 aliphatic carbocycles. The molecule has 6 aliphatic rings. The Morgan fingerprint density at radius 3 is 1.40 bits per heavy atom. The summed E-state index contributed by atoms with van der Waals surface area (Å²) in [5.74, 6) is -2.27. The maximum Gasteiger partial charge on any atom is 0.407 e. The van der Waals surface area contributed by atoms with E-state index in [9.17, 15) is 19.2 Å². The third kappa shape index (κ3) is 9.70. The first kappa shape index (κ1) is 50.6. The number of aromatic amines is 2. The van der Waals surface area contributed by atoms with Crippen LogP contribution in [-0.2, 0) is 19.1 Å². The van der Waals surface area contributed by atoms with Crippen molar-refractivity contribution in [1.82, 2.24) is 40.4 Å². The first-order valence-electron chi connectivity index (χ1n) is 27.1. The molecular weight excluding hydrogens is 973 g/mol. The fourth-order valence-corrected chi connectivity index (χ4v) is 13.6. The van der Waals surface area contributed by atoms with Gasteiger partial charge in [0.2, 0.25) is 11.8 Å². The summed E-state index contributed by atoms with van der Waals surface area (Å²) in [7, 11) is 2.54. The maximum absolute atomic E-state index is 16.9. The molecule has 4 N–H and O–H groups in total. The average molecular weight is 1040 g/mol. The molecule has 16 nitrogen and oxygen atoms in total. The summed E-state index contributed by atoms with van der Waals surface area (Å²) in [6, 6.07) is 4.40. The van der Waals surface area contributed by atoms with Gasteiger partial charge < -0.3 is 49.7 Å². The van der Waals surface area contributed by atoms with E-state index in [0.717, 1.165) is 70.6 Å². The van der Waals surface area contributed by atoms with E-state index in [4.69, 9.17) is 19.4 Å². The molecule has 0 spiro atoms. The molecule has 400 valence electrons. The number of halogens is 4. The quantitative estimate of drug-likeness (QED) is 0.0879. The number of benzene rings is 3. The zero-order valence-electron chi connectivity index (χ0n) is 42.6. The molecule has 75 heavy (non-hydrogen) atoms. The van der Waals surface area contributed by atoms with E-state index in [1.54, 1.807) is 31.7 Å². The number of nitrogens with zero attached hydrogens (tertiary/aromatic N) is 6. The van der Waals surface area contributed by atoms with E-state index in [1.807, 2.05) is 0 Å². The highest BCUT2D eigenvalue weighted by molar-refractivity contribution is 5.88. The molecule has 3 aromatic carbocycles. The minimum Gasteiger partial charge on any atom is -0.453 e. The van der Waals surface area contributed by atoms with Gasteiger partial charge in [-0.2, -0.15) is 0 Å². The van der Waals surface area contributed by atoms with Crippen LogP contribution in [0.3, 0.4) is 0 Å². The lowest BCUT2D eigenvalue weighted by Crippen LogP contribution is -2.51. The van der Waals surface area contributed by atoms with Gasteiger partial charge in [0.25, 0.3) is 0 Å². The standard InChI is InChI=1S/C55H66F4N10O6/c1-74-54(72)64-47(30-12-4-5-13-30)52(70)67-22-10-16-45(67)50-60-39-26-33(35(56)28-41(39)62-50)43-18-19-44(69(43)32-24-37(58)49(38(59)25-32)66-20-8-3-9-21-66)34-27-40-42(29-36(34)57)63-51(61-40)46-17-11-23-68(46)53(71)48(65-55(73)75-2)31-14-6-7-15-31/h24-31,43-48H,3-23H2,1-2H3,(H,60,62)(H,61,63)(H,64,72)(H,65,73)/t43-,44-,45+,46+,47+,48?/m1/s1. The van der Waals surface area contributed by atoms with Crippen LogP contribution in [0.5, 0.6) is 0 Å². The highest BCUT2D eigenvalue weighted by atomic mass is 19.1. The largest absolute Gasteiger partial charge is 0.453 e. The number of carbonyl (C=O) groups is 4. The molecule has 4 aliphatic heterocycles. The van der Waals surface area contributed by atoms with Crippen molar-refractivity contribution in [3.05, 3.63) is 82.4 Å². The third-order valence-corrected chi connectivity index (χ3v) is 17.2. The molecule has 1 unspecified atom stereocenters. The van der Waals surface area contributed by atoms with Crippen LogP contribution in [-0.4, -0.2) is 106 Å².